The summed E-state index contributed by atoms with van der Waals surface area (Å²) in [5.41, 5.74) is 2.77. The molecule has 8 heteroatoms. The maximum absolute atomic E-state index is 12.6. The van der Waals surface area contributed by atoms with Crippen LogP contribution in [0.25, 0.3) is 0 Å². The molecule has 2 aliphatic rings. The number of hydrogen-bond donors (Lipinski definition) is 0. The minimum Gasteiger partial charge on any atom is -0.497 e. The molecule has 2 aliphatic heterocycles. The molecule has 4 rings (SSSR count). The molecule has 2 aromatic rings. The highest BCUT2D eigenvalue weighted by atomic mass is 16.5. The van der Waals surface area contributed by atoms with Gasteiger partial charge in [-0.25, -0.2) is 0 Å². The molecule has 2 atom stereocenters. The second kappa shape index (κ2) is 8.31. The molecule has 1 saturated heterocycles. The molecule has 0 aliphatic carbocycles. The van der Waals surface area contributed by atoms with Crippen molar-refractivity contribution in [2.45, 2.75) is 25.1 Å². The minimum atomic E-state index is -0.463. The number of amides is 2. The summed E-state index contributed by atoms with van der Waals surface area (Å²) >= 11 is 0. The van der Waals surface area contributed by atoms with E-state index in [9.17, 15) is 9.59 Å². The van der Waals surface area contributed by atoms with E-state index >= 15 is 0 Å². The van der Waals surface area contributed by atoms with E-state index in [4.69, 9.17) is 9.47 Å². The number of likely N-dealkylation sites (tertiary alicyclic amines) is 1. The highest BCUT2D eigenvalue weighted by molar-refractivity contribution is 5.94. The van der Waals surface area contributed by atoms with Crippen LogP contribution >= 0.6 is 0 Å². The Labute approximate surface area is 175 Å². The molecule has 0 N–H and O–H groups in total. The van der Waals surface area contributed by atoms with Crippen molar-refractivity contribution in [2.75, 3.05) is 27.3 Å². The van der Waals surface area contributed by atoms with Crippen LogP contribution in [0.2, 0.25) is 0 Å². The second-order valence-corrected chi connectivity index (χ2v) is 7.60. The van der Waals surface area contributed by atoms with Crippen molar-refractivity contribution >= 4 is 11.8 Å². The molecular weight excluding hydrogens is 384 g/mol. The van der Waals surface area contributed by atoms with Gasteiger partial charge >= 0.3 is 0 Å². The summed E-state index contributed by atoms with van der Waals surface area (Å²) in [4.78, 5) is 28.9. The van der Waals surface area contributed by atoms with E-state index in [1.165, 1.54) is 0 Å². The van der Waals surface area contributed by atoms with Crippen LogP contribution in [0.15, 0.2) is 48.3 Å². The number of benzene rings is 1. The second-order valence-electron chi connectivity index (χ2n) is 7.60. The van der Waals surface area contributed by atoms with E-state index in [1.54, 1.807) is 43.2 Å². The molecule has 0 spiro atoms. The van der Waals surface area contributed by atoms with Crippen molar-refractivity contribution in [3.05, 3.63) is 59.4 Å². The van der Waals surface area contributed by atoms with Gasteiger partial charge < -0.3 is 19.3 Å². The summed E-state index contributed by atoms with van der Waals surface area (Å²) in [6, 6.07) is 7.62. The van der Waals surface area contributed by atoms with E-state index in [0.717, 1.165) is 16.9 Å². The molecule has 1 fully saturated rings. The molecule has 0 saturated carbocycles. The lowest BCUT2D eigenvalue weighted by Crippen LogP contribution is -2.66. The fourth-order valence-electron chi connectivity index (χ4n) is 4.10. The standard InChI is InChI=1S/C22H26N4O4/c1-24-14-17(12-23-24)21(27)25-10-8-16(9-11-25)19-20(30-3)22(28)26(19)13-15-4-6-18(29-2)7-5-15/h4-8,12,14,19-20H,9-11,13H2,1-3H3. The Kier molecular flexibility index (Phi) is 5.59. The maximum atomic E-state index is 12.6. The van der Waals surface area contributed by atoms with Crippen LogP contribution in [0, 0.1) is 0 Å². The van der Waals surface area contributed by atoms with E-state index in [2.05, 4.69) is 11.2 Å². The number of aromatic nitrogens is 2. The lowest BCUT2D eigenvalue weighted by molar-refractivity contribution is -0.168. The van der Waals surface area contributed by atoms with Gasteiger partial charge in [0.1, 0.15) is 5.75 Å². The Morgan fingerprint density at radius 1 is 1.23 bits per heavy atom. The van der Waals surface area contributed by atoms with Gasteiger partial charge in [0, 0.05) is 40.0 Å². The number of hydrogen-bond acceptors (Lipinski definition) is 5. The van der Waals surface area contributed by atoms with E-state index in [-0.39, 0.29) is 17.9 Å². The lowest BCUT2D eigenvalue weighted by Gasteiger charge is -2.48. The molecule has 0 bridgehead atoms. The van der Waals surface area contributed by atoms with Crippen LogP contribution in [0.4, 0.5) is 0 Å². The van der Waals surface area contributed by atoms with Crippen LogP contribution in [0.1, 0.15) is 22.3 Å². The largest absolute Gasteiger partial charge is 0.497 e. The molecule has 8 nitrogen and oxygen atoms in total. The van der Waals surface area contributed by atoms with Gasteiger partial charge in [-0.15, -0.1) is 0 Å². The van der Waals surface area contributed by atoms with Gasteiger partial charge in [-0.3, -0.25) is 14.3 Å². The van der Waals surface area contributed by atoms with E-state index in [0.29, 0.717) is 31.6 Å². The molecule has 2 amide bonds. The van der Waals surface area contributed by atoms with Crippen molar-refractivity contribution in [1.82, 2.24) is 19.6 Å². The first-order valence-electron chi connectivity index (χ1n) is 9.95. The zero-order valence-electron chi connectivity index (χ0n) is 17.4. The fraction of sp³-hybridized carbons (Fsp3) is 0.409. The maximum Gasteiger partial charge on any atom is 0.257 e. The smallest absolute Gasteiger partial charge is 0.257 e. The molecule has 2 unspecified atom stereocenters. The number of carbonyl (C=O) groups is 2. The van der Waals surface area contributed by atoms with Crippen LogP contribution in [-0.2, 0) is 23.1 Å². The lowest BCUT2D eigenvalue weighted by atomic mass is 9.86. The first-order valence-corrected chi connectivity index (χ1v) is 9.95. The number of aryl methyl sites for hydroxylation is 1. The number of methoxy groups -OCH3 is 2. The van der Waals surface area contributed by atoms with E-state index < -0.39 is 6.10 Å². The molecule has 3 heterocycles. The summed E-state index contributed by atoms with van der Waals surface area (Å²) in [6.07, 6.45) is 5.62. The van der Waals surface area contributed by atoms with Gasteiger partial charge in [-0.1, -0.05) is 18.2 Å². The highest BCUT2D eigenvalue weighted by Gasteiger charge is 2.49. The van der Waals surface area contributed by atoms with Crippen molar-refractivity contribution < 1.29 is 19.1 Å². The zero-order chi connectivity index (χ0) is 21.3. The van der Waals surface area contributed by atoms with Gasteiger partial charge in [-0.05, 0) is 29.7 Å². The third kappa shape index (κ3) is 3.70. The quantitative estimate of drug-likeness (QED) is 0.534. The van der Waals surface area contributed by atoms with Crippen molar-refractivity contribution in [1.29, 1.82) is 0 Å². The first-order chi connectivity index (χ1) is 14.5. The molecule has 158 valence electrons. The van der Waals surface area contributed by atoms with E-state index in [1.807, 2.05) is 29.2 Å². The summed E-state index contributed by atoms with van der Waals surface area (Å²) in [7, 11) is 4.99. The molecule has 0 radical (unpaired) electrons. The predicted molar refractivity (Wildman–Crippen MR) is 110 cm³/mol. The zero-order valence-corrected chi connectivity index (χ0v) is 17.4. The third-order valence-electron chi connectivity index (χ3n) is 5.78. The summed E-state index contributed by atoms with van der Waals surface area (Å²) in [6.45, 7) is 1.64. The first kappa shape index (κ1) is 20.2. The van der Waals surface area contributed by atoms with Crippen molar-refractivity contribution in [3.63, 3.8) is 0 Å². The summed E-state index contributed by atoms with van der Waals surface area (Å²) in [5.74, 6) is 0.753. The Morgan fingerprint density at radius 2 is 2.00 bits per heavy atom. The number of carbonyl (C=O) groups excluding carboxylic acids is 2. The van der Waals surface area contributed by atoms with Gasteiger partial charge in [0.2, 0.25) is 0 Å². The number of β-lactam (4-membered cyclic amide) rings is 1. The third-order valence-corrected chi connectivity index (χ3v) is 5.78. The van der Waals surface area contributed by atoms with Crippen LogP contribution in [0.3, 0.4) is 0 Å². The Bertz CT molecular complexity index is 966. The topological polar surface area (TPSA) is 76.9 Å². The SMILES string of the molecule is COc1ccc(CN2C(=O)C(OC)C2C2=CCN(C(=O)c3cnn(C)c3)CC2)cc1. The van der Waals surface area contributed by atoms with Gasteiger partial charge in [0.25, 0.3) is 11.8 Å². The van der Waals surface area contributed by atoms with Crippen molar-refractivity contribution in [2.24, 2.45) is 7.05 Å². The van der Waals surface area contributed by atoms with Crippen LogP contribution in [0.5, 0.6) is 5.75 Å². The van der Waals surface area contributed by atoms with Gasteiger partial charge in [0.05, 0.1) is 24.9 Å². The normalized spacial score (nSPS) is 21.3. The van der Waals surface area contributed by atoms with Gasteiger partial charge in [0.15, 0.2) is 6.10 Å². The summed E-state index contributed by atoms with van der Waals surface area (Å²) < 4.78 is 12.3. The van der Waals surface area contributed by atoms with Crippen LogP contribution < -0.4 is 4.74 Å². The number of nitrogens with zero attached hydrogens (tertiary/aromatic N) is 4. The highest BCUT2D eigenvalue weighted by Crippen LogP contribution is 2.33. The Hall–Kier alpha value is -3.13. The average Bonchev–Trinajstić information content (AvgIpc) is 3.22. The average molecular weight is 410 g/mol. The Morgan fingerprint density at radius 3 is 2.57 bits per heavy atom. The number of ether oxygens (including phenoxy) is 2. The van der Waals surface area contributed by atoms with Gasteiger partial charge in [-0.2, -0.15) is 5.10 Å². The Balaban J connectivity index is 1.46. The molecule has 1 aromatic carbocycles. The van der Waals surface area contributed by atoms with Crippen LogP contribution in [-0.4, -0.2) is 70.8 Å². The summed E-state index contributed by atoms with van der Waals surface area (Å²) in [5, 5.41) is 4.07. The predicted octanol–water partition coefficient (Wildman–Crippen LogP) is 1.63. The molecule has 30 heavy (non-hydrogen) atoms. The minimum absolute atomic E-state index is 0.00640. The molecule has 1 aromatic heterocycles. The van der Waals surface area contributed by atoms with Crippen molar-refractivity contribution in [3.8, 4) is 5.75 Å². The monoisotopic (exact) mass is 410 g/mol. The number of rotatable bonds is 6. The fourth-order valence-corrected chi connectivity index (χ4v) is 4.10. The molecular formula is C22H26N4O4.